The number of nitrogens with zero attached hydrogens (tertiary/aromatic N) is 1. The number of aromatic nitrogens is 1. The van der Waals surface area contributed by atoms with E-state index in [2.05, 4.69) is 18.8 Å². The van der Waals surface area contributed by atoms with Gasteiger partial charge >= 0.3 is 6.18 Å². The molecule has 0 saturated carbocycles. The molecule has 1 atom stereocenters. The zero-order chi connectivity index (χ0) is 16.8. The highest BCUT2D eigenvalue weighted by Crippen LogP contribution is 2.44. The molecule has 1 unspecified atom stereocenters. The van der Waals surface area contributed by atoms with Gasteiger partial charge in [0, 0.05) is 23.5 Å². The molecule has 0 amide bonds. The molecule has 0 fully saturated rings. The zero-order valence-corrected chi connectivity index (χ0v) is 12.9. The van der Waals surface area contributed by atoms with Gasteiger partial charge in [0.25, 0.3) is 0 Å². The average molecular weight is 323 g/mol. The van der Waals surface area contributed by atoms with Crippen LogP contribution >= 0.6 is 0 Å². The minimum absolute atomic E-state index is 0.190. The van der Waals surface area contributed by atoms with Crippen molar-refractivity contribution in [1.82, 2.24) is 4.98 Å². The monoisotopic (exact) mass is 323 g/mol. The molecule has 0 bridgehead atoms. The Morgan fingerprint density at radius 1 is 1.13 bits per heavy atom. The Morgan fingerprint density at radius 3 is 2.48 bits per heavy atom. The third-order valence-electron chi connectivity index (χ3n) is 4.56. The summed E-state index contributed by atoms with van der Waals surface area (Å²) in [6, 6.07) is 2.70. The second-order valence-corrected chi connectivity index (χ2v) is 6.34. The number of pyridine rings is 1. The third kappa shape index (κ3) is 2.84. The summed E-state index contributed by atoms with van der Waals surface area (Å²) >= 11 is 0. The van der Waals surface area contributed by atoms with E-state index in [9.17, 15) is 17.6 Å². The topological polar surface area (TPSA) is 12.9 Å². The molecule has 122 valence electrons. The first kappa shape index (κ1) is 16.0. The lowest BCUT2D eigenvalue weighted by Crippen LogP contribution is -2.07. The van der Waals surface area contributed by atoms with Crippen molar-refractivity contribution in [3.05, 3.63) is 53.1 Å². The van der Waals surface area contributed by atoms with Crippen molar-refractivity contribution in [3.8, 4) is 11.1 Å². The molecule has 23 heavy (non-hydrogen) atoms. The number of halogens is 4. The van der Waals surface area contributed by atoms with Crippen molar-refractivity contribution in [1.29, 1.82) is 0 Å². The van der Waals surface area contributed by atoms with Crippen LogP contribution in [0.15, 0.2) is 30.6 Å². The Morgan fingerprint density at radius 2 is 1.87 bits per heavy atom. The molecule has 1 aromatic carbocycles. The van der Waals surface area contributed by atoms with Crippen molar-refractivity contribution < 1.29 is 17.6 Å². The Bertz CT molecular complexity index is 734. The summed E-state index contributed by atoms with van der Waals surface area (Å²) in [6.45, 7) is 4.21. The van der Waals surface area contributed by atoms with Crippen LogP contribution in [0.4, 0.5) is 17.6 Å². The highest BCUT2D eigenvalue weighted by molar-refractivity contribution is 5.70. The molecule has 1 heterocycles. The van der Waals surface area contributed by atoms with Crippen LogP contribution in [-0.4, -0.2) is 4.98 Å². The van der Waals surface area contributed by atoms with Gasteiger partial charge in [0.05, 0.1) is 5.56 Å². The van der Waals surface area contributed by atoms with Crippen molar-refractivity contribution in [2.24, 2.45) is 5.92 Å². The maximum Gasteiger partial charge on any atom is 0.416 e. The number of hydrogen-bond acceptors (Lipinski definition) is 1. The summed E-state index contributed by atoms with van der Waals surface area (Å²) in [5, 5.41) is 0. The maximum atomic E-state index is 14.3. The van der Waals surface area contributed by atoms with Gasteiger partial charge in [0.1, 0.15) is 5.82 Å². The van der Waals surface area contributed by atoms with Crippen LogP contribution in [0.5, 0.6) is 0 Å². The van der Waals surface area contributed by atoms with Gasteiger partial charge in [-0.3, -0.25) is 4.98 Å². The lowest BCUT2D eigenvalue weighted by Gasteiger charge is -2.20. The fourth-order valence-electron chi connectivity index (χ4n) is 3.40. The number of aryl methyl sites for hydroxylation is 1. The van der Waals surface area contributed by atoms with E-state index in [0.29, 0.717) is 17.5 Å². The fourth-order valence-corrected chi connectivity index (χ4v) is 3.40. The summed E-state index contributed by atoms with van der Waals surface area (Å²) in [4.78, 5) is 4.15. The normalized spacial score (nSPS) is 17.6. The van der Waals surface area contributed by atoms with E-state index < -0.39 is 17.6 Å². The largest absolute Gasteiger partial charge is 0.416 e. The number of rotatable bonds is 2. The van der Waals surface area contributed by atoms with Crippen molar-refractivity contribution in [3.63, 3.8) is 0 Å². The number of hydrogen-bond donors (Lipinski definition) is 0. The molecular formula is C18H17F4N. The van der Waals surface area contributed by atoms with Gasteiger partial charge in [-0.2, -0.15) is 13.2 Å². The maximum absolute atomic E-state index is 14.3. The van der Waals surface area contributed by atoms with E-state index in [1.165, 1.54) is 6.07 Å². The molecule has 2 aromatic rings. The van der Waals surface area contributed by atoms with Crippen molar-refractivity contribution in [2.75, 3.05) is 0 Å². The van der Waals surface area contributed by atoms with Crippen LogP contribution in [0, 0.1) is 11.7 Å². The lowest BCUT2D eigenvalue weighted by molar-refractivity contribution is -0.137. The Hall–Kier alpha value is -1.91. The molecule has 1 aliphatic rings. The van der Waals surface area contributed by atoms with E-state index in [-0.39, 0.29) is 11.5 Å². The van der Waals surface area contributed by atoms with Gasteiger partial charge in [-0.1, -0.05) is 19.9 Å². The minimum atomic E-state index is -4.54. The second kappa shape index (κ2) is 5.62. The predicted octanol–water partition coefficient (Wildman–Crippen LogP) is 5.59. The molecule has 3 rings (SSSR count). The molecule has 1 aromatic heterocycles. The summed E-state index contributed by atoms with van der Waals surface area (Å²) < 4.78 is 52.5. The van der Waals surface area contributed by atoms with Crippen molar-refractivity contribution >= 4 is 0 Å². The average Bonchev–Trinajstić information content (AvgIpc) is 2.90. The van der Waals surface area contributed by atoms with Gasteiger partial charge in [0.15, 0.2) is 0 Å². The second-order valence-electron chi connectivity index (χ2n) is 6.34. The van der Waals surface area contributed by atoms with Gasteiger partial charge in [-0.25, -0.2) is 4.39 Å². The van der Waals surface area contributed by atoms with Gasteiger partial charge in [0.2, 0.25) is 0 Å². The van der Waals surface area contributed by atoms with E-state index in [1.54, 1.807) is 12.4 Å². The van der Waals surface area contributed by atoms with E-state index in [4.69, 9.17) is 0 Å². The van der Waals surface area contributed by atoms with Crippen LogP contribution in [0.1, 0.15) is 42.9 Å². The molecule has 1 aliphatic carbocycles. The van der Waals surface area contributed by atoms with E-state index in [1.807, 2.05) is 0 Å². The molecule has 5 heteroatoms. The molecule has 0 spiro atoms. The minimum Gasteiger partial charge on any atom is -0.264 e. The lowest BCUT2D eigenvalue weighted by atomic mass is 9.86. The molecular weight excluding hydrogens is 306 g/mol. The number of fused-ring (bicyclic) bond motifs is 1. The number of benzene rings is 1. The quantitative estimate of drug-likeness (QED) is 0.656. The Balaban J connectivity index is 2.13. The van der Waals surface area contributed by atoms with Crippen LogP contribution in [0.2, 0.25) is 0 Å². The van der Waals surface area contributed by atoms with Gasteiger partial charge < -0.3 is 0 Å². The molecule has 0 N–H and O–H groups in total. The third-order valence-corrected chi connectivity index (χ3v) is 4.56. The van der Waals surface area contributed by atoms with Crippen LogP contribution < -0.4 is 0 Å². The first-order valence-corrected chi connectivity index (χ1v) is 7.63. The summed E-state index contributed by atoms with van der Waals surface area (Å²) in [6.07, 6.45) is 0.639. The summed E-state index contributed by atoms with van der Waals surface area (Å²) in [7, 11) is 0. The van der Waals surface area contributed by atoms with Crippen molar-refractivity contribution in [2.45, 2.75) is 38.8 Å². The molecule has 0 saturated heterocycles. The standard InChI is InChI=1S/C18H17F4N/c1-10(2)13-5-3-11-8-23-9-15(17(11)13)14-6-4-12(7-16(14)19)18(20,21)22/h4,6-10,13H,3,5H2,1-2H3. The van der Waals surface area contributed by atoms with Crippen LogP contribution in [0.25, 0.3) is 11.1 Å². The fraction of sp³-hybridized carbons (Fsp3) is 0.389. The van der Waals surface area contributed by atoms with Gasteiger partial charge in [-0.05, 0) is 47.9 Å². The molecule has 0 radical (unpaired) electrons. The first-order chi connectivity index (χ1) is 10.8. The molecule has 1 nitrogen and oxygen atoms in total. The molecule has 0 aliphatic heterocycles. The number of alkyl halides is 3. The van der Waals surface area contributed by atoms with E-state index in [0.717, 1.165) is 30.0 Å². The van der Waals surface area contributed by atoms with E-state index >= 15 is 0 Å². The highest BCUT2D eigenvalue weighted by atomic mass is 19.4. The SMILES string of the molecule is CC(C)C1CCc2cncc(-c3ccc(C(F)(F)F)cc3F)c21. The van der Waals surface area contributed by atoms with Crippen LogP contribution in [0.3, 0.4) is 0 Å². The Labute approximate surface area is 132 Å². The van der Waals surface area contributed by atoms with Gasteiger partial charge in [-0.15, -0.1) is 0 Å². The smallest absolute Gasteiger partial charge is 0.264 e. The zero-order valence-electron chi connectivity index (χ0n) is 12.9. The summed E-state index contributed by atoms with van der Waals surface area (Å²) in [5.41, 5.74) is 1.94. The first-order valence-electron chi connectivity index (χ1n) is 7.63. The summed E-state index contributed by atoms with van der Waals surface area (Å²) in [5.74, 6) is -0.191. The van der Waals surface area contributed by atoms with Crippen LogP contribution in [-0.2, 0) is 12.6 Å². The Kier molecular flexibility index (Phi) is 3.90. The highest BCUT2D eigenvalue weighted by Gasteiger charge is 2.33. The predicted molar refractivity (Wildman–Crippen MR) is 80.5 cm³/mol.